The molecule has 2 N–H and O–H groups in total. The monoisotopic (exact) mass is 922 g/mol. The van der Waals surface area contributed by atoms with Crippen molar-refractivity contribution in [3.63, 3.8) is 0 Å². The van der Waals surface area contributed by atoms with Gasteiger partial charge in [-0.3, -0.25) is 17.3 Å². The summed E-state index contributed by atoms with van der Waals surface area (Å²) in [7, 11) is 0. The average molecular weight is 922 g/mol. The minimum Gasteiger partial charge on any atom is -0.479 e. The van der Waals surface area contributed by atoms with Crippen LogP contribution in [0.25, 0.3) is 11.0 Å². The van der Waals surface area contributed by atoms with Crippen molar-refractivity contribution in [2.24, 2.45) is 0 Å². The minimum absolute atomic E-state index is 0. The summed E-state index contributed by atoms with van der Waals surface area (Å²) in [6, 6.07) is 0. The van der Waals surface area contributed by atoms with Crippen molar-refractivity contribution in [2.75, 3.05) is 5.73 Å². The molecule has 0 saturated carbocycles. The normalized spacial score (nSPS) is 8.06. The van der Waals surface area contributed by atoms with E-state index in [1.54, 1.807) is 6.54 Å². The third-order valence-corrected chi connectivity index (χ3v) is 1.58. The van der Waals surface area contributed by atoms with Gasteiger partial charge in [0.05, 0.1) is 0 Å². The molecule has 0 spiro atoms. The zero-order chi connectivity index (χ0) is 10.1. The molecule has 0 atom stereocenters. The summed E-state index contributed by atoms with van der Waals surface area (Å²) in [5.74, 6) is 0.330. The standard InChI is InChI=1S/C9H8N5.4W/c1-6(2)3-14-4-7-8(10)11-5-12-9(7)13-14;;;;/h3H,1H2,2H3,(H2,10,11,12,13);;;;/q-3;;;;. The molecule has 0 aliphatic heterocycles. The molecule has 0 saturated heterocycles. The summed E-state index contributed by atoms with van der Waals surface area (Å²) in [5.41, 5.74) is 6.94. The van der Waals surface area contributed by atoms with Gasteiger partial charge in [0.15, 0.2) is 0 Å². The van der Waals surface area contributed by atoms with Gasteiger partial charge in [-0.15, -0.1) is 0 Å². The molecule has 5 nitrogen and oxygen atoms in total. The van der Waals surface area contributed by atoms with Crippen LogP contribution < -0.4 is 5.73 Å². The number of anilines is 1. The Hall–Kier alpha value is 0.713. The molecule has 96 valence electrons. The first-order valence-electron chi connectivity index (χ1n) is 3.98. The van der Waals surface area contributed by atoms with Gasteiger partial charge in [0.1, 0.15) is 0 Å². The van der Waals surface area contributed by atoms with Crippen LogP contribution in [-0.4, -0.2) is 19.7 Å². The van der Waals surface area contributed by atoms with Crippen LogP contribution in [0.1, 0.15) is 6.92 Å². The van der Waals surface area contributed by atoms with E-state index in [-0.39, 0.29) is 84.3 Å². The second kappa shape index (κ2) is 10.5. The van der Waals surface area contributed by atoms with Crippen molar-refractivity contribution in [2.45, 2.75) is 6.92 Å². The maximum Gasteiger partial charge on any atom is 0.0436 e. The first-order chi connectivity index (χ1) is 6.66. The summed E-state index contributed by atoms with van der Waals surface area (Å²) < 4.78 is 1.49. The van der Waals surface area contributed by atoms with Crippen LogP contribution in [-0.2, 0) is 84.3 Å². The number of nitrogens with two attached hydrogens (primary N) is 1. The van der Waals surface area contributed by atoms with E-state index >= 15 is 0 Å². The fourth-order valence-corrected chi connectivity index (χ4v) is 1.04. The van der Waals surface area contributed by atoms with Gasteiger partial charge in [-0.1, -0.05) is 6.92 Å². The molecule has 2 aromatic rings. The molecule has 0 aliphatic carbocycles. The predicted octanol–water partition coefficient (Wildman–Crippen LogP) is 0.585. The Labute approximate surface area is 163 Å². The van der Waals surface area contributed by atoms with Crippen LogP contribution >= 0.6 is 0 Å². The summed E-state index contributed by atoms with van der Waals surface area (Å²) in [6.45, 7) is 7.32. The molecule has 0 radical (unpaired) electrons. The van der Waals surface area contributed by atoms with Crippen molar-refractivity contribution in [3.05, 3.63) is 31.2 Å². The van der Waals surface area contributed by atoms with E-state index in [4.69, 9.17) is 5.73 Å². The van der Waals surface area contributed by atoms with E-state index in [0.717, 1.165) is 5.57 Å². The van der Waals surface area contributed by atoms with Crippen molar-refractivity contribution < 1.29 is 84.3 Å². The molecule has 0 bridgehead atoms. The summed E-state index contributed by atoms with van der Waals surface area (Å²) in [6.07, 6.45) is 5.33. The Morgan fingerprint density at radius 1 is 1.28 bits per heavy atom. The van der Waals surface area contributed by atoms with E-state index in [0.29, 0.717) is 16.9 Å². The Morgan fingerprint density at radius 2 is 1.89 bits per heavy atom. The number of rotatable bonds is 2. The number of hydrogen-bond acceptors (Lipinski definition) is 4. The summed E-state index contributed by atoms with van der Waals surface area (Å²) in [4.78, 5) is 7.56. The Balaban J connectivity index is -0.000000562. The number of fused-ring (bicyclic) bond motifs is 1. The van der Waals surface area contributed by atoms with Gasteiger partial charge in [-0.05, 0) is 5.82 Å². The Morgan fingerprint density at radius 3 is 2.39 bits per heavy atom. The molecule has 2 heterocycles. The van der Waals surface area contributed by atoms with E-state index in [1.165, 1.54) is 4.68 Å². The SMILES string of the molecule is C=C(C)[CH-]n1[c-]c2c(N)n[c-]nc2n1.[W].[W].[W].[W]. The van der Waals surface area contributed by atoms with Crippen molar-refractivity contribution in [3.8, 4) is 0 Å². The van der Waals surface area contributed by atoms with E-state index in [9.17, 15) is 0 Å². The zero-order valence-corrected chi connectivity index (χ0v) is 21.0. The molecule has 0 unspecified atom stereocenters. The molecule has 0 fully saturated rings. The Kier molecular flexibility index (Phi) is 13.9. The quantitative estimate of drug-likeness (QED) is 0.449. The maximum absolute atomic E-state index is 5.60. The van der Waals surface area contributed by atoms with E-state index in [1.807, 2.05) is 6.92 Å². The number of aromatic nitrogens is 4. The number of hydrogen-bond donors (Lipinski definition) is 1. The molecule has 2 rings (SSSR count). The average Bonchev–Trinajstić information content (AvgIpc) is 2.47. The third-order valence-electron chi connectivity index (χ3n) is 1.58. The van der Waals surface area contributed by atoms with Gasteiger partial charge in [0.25, 0.3) is 0 Å². The van der Waals surface area contributed by atoms with Gasteiger partial charge in [0, 0.05) is 96.2 Å². The molecule has 0 aliphatic rings. The first-order valence-corrected chi connectivity index (χ1v) is 3.98. The van der Waals surface area contributed by atoms with Gasteiger partial charge < -0.3 is 20.4 Å². The predicted molar refractivity (Wildman–Crippen MR) is 51.9 cm³/mol. The fourth-order valence-electron chi connectivity index (χ4n) is 1.04. The molecular formula is C9H8N5W4-3. The van der Waals surface area contributed by atoms with Crippen LogP contribution in [0.4, 0.5) is 5.82 Å². The van der Waals surface area contributed by atoms with Crippen molar-refractivity contribution in [1.29, 1.82) is 0 Å². The van der Waals surface area contributed by atoms with Crippen molar-refractivity contribution >= 4 is 16.9 Å². The molecule has 9 heteroatoms. The second-order valence-electron chi connectivity index (χ2n) is 2.94. The third kappa shape index (κ3) is 5.78. The van der Waals surface area contributed by atoms with Gasteiger partial charge in [-0.25, -0.2) is 6.20 Å². The molecule has 0 amide bonds. The smallest absolute Gasteiger partial charge is 0.0436 e. The maximum atomic E-state index is 5.60. The zero-order valence-electron chi connectivity index (χ0n) is 9.28. The fraction of sp³-hybridized carbons (Fsp3) is 0.111. The Bertz CT molecular complexity index is 499. The van der Waals surface area contributed by atoms with Crippen LogP contribution in [0, 0.1) is 19.1 Å². The largest absolute Gasteiger partial charge is 0.479 e. The van der Waals surface area contributed by atoms with Gasteiger partial charge in [0.2, 0.25) is 0 Å². The van der Waals surface area contributed by atoms with Crippen LogP contribution in [0.3, 0.4) is 0 Å². The minimum atomic E-state index is 0. The van der Waals surface area contributed by atoms with Crippen LogP contribution in [0.5, 0.6) is 0 Å². The molecule has 0 aromatic carbocycles. The van der Waals surface area contributed by atoms with Gasteiger partial charge in [-0.2, -0.15) is 11.9 Å². The van der Waals surface area contributed by atoms with Crippen LogP contribution in [0.2, 0.25) is 0 Å². The number of nitrogen functional groups attached to an aromatic ring is 1. The molecule has 18 heavy (non-hydrogen) atoms. The molecular weight excluding hydrogens is 913 g/mol. The first kappa shape index (κ1) is 23.8. The van der Waals surface area contributed by atoms with Gasteiger partial charge >= 0.3 is 0 Å². The number of allylic oxidation sites excluding steroid dienone is 1. The van der Waals surface area contributed by atoms with E-state index in [2.05, 4.69) is 34.2 Å². The topological polar surface area (TPSA) is 69.6 Å². The molecule has 2 aromatic heterocycles. The summed E-state index contributed by atoms with van der Waals surface area (Å²) >= 11 is 0. The van der Waals surface area contributed by atoms with E-state index < -0.39 is 0 Å². The number of nitrogens with zero attached hydrogens (tertiary/aromatic N) is 4. The second-order valence-corrected chi connectivity index (χ2v) is 2.94. The summed E-state index contributed by atoms with van der Waals surface area (Å²) in [5, 5.41) is 4.69. The van der Waals surface area contributed by atoms with Crippen LogP contribution in [0.15, 0.2) is 12.2 Å². The van der Waals surface area contributed by atoms with Crippen molar-refractivity contribution in [1.82, 2.24) is 19.7 Å².